The van der Waals surface area contributed by atoms with Crippen molar-refractivity contribution in [3.63, 3.8) is 0 Å². The highest BCUT2D eigenvalue weighted by molar-refractivity contribution is 7.89. The van der Waals surface area contributed by atoms with Gasteiger partial charge in [-0.1, -0.05) is 18.9 Å². The number of rotatable bonds is 5. The molecule has 8 heteroatoms. The molecule has 7 nitrogen and oxygen atoms in total. The molecule has 0 aromatic heterocycles. The number of hydrogen-bond acceptors (Lipinski definition) is 4. The normalized spacial score (nSPS) is 23.9. The maximum atomic E-state index is 13.0. The molecule has 0 bridgehead atoms. The zero-order chi connectivity index (χ0) is 18.9. The van der Waals surface area contributed by atoms with Crippen molar-refractivity contribution in [3.8, 4) is 0 Å². The Morgan fingerprint density at radius 1 is 1.12 bits per heavy atom. The van der Waals surface area contributed by atoms with Crippen LogP contribution in [0.15, 0.2) is 23.1 Å². The molecule has 1 aromatic carbocycles. The molecule has 2 unspecified atom stereocenters. The summed E-state index contributed by atoms with van der Waals surface area (Å²) in [5.41, 5.74) is 1.01. The number of aryl methyl sites for hydroxylation is 1. The van der Waals surface area contributed by atoms with Gasteiger partial charge in [0.1, 0.15) is 0 Å². The Labute approximate surface area is 153 Å². The summed E-state index contributed by atoms with van der Waals surface area (Å²) in [5, 5.41) is 11.6. The number of carbonyl (C=O) groups is 2. The molecule has 2 N–H and O–H groups in total. The number of aliphatic carboxylic acids is 1. The number of nitrogens with zero attached hydrogens (tertiary/aromatic N) is 1. The van der Waals surface area contributed by atoms with Crippen molar-refractivity contribution in [2.24, 2.45) is 11.8 Å². The van der Waals surface area contributed by atoms with Gasteiger partial charge in [-0.05, 0) is 43.9 Å². The summed E-state index contributed by atoms with van der Waals surface area (Å²) in [5.74, 6) is -2.53. The molecule has 1 heterocycles. The second-order valence-electron chi connectivity index (χ2n) is 7.07. The molecule has 1 saturated heterocycles. The lowest BCUT2D eigenvalue weighted by molar-refractivity contribution is -0.139. The van der Waals surface area contributed by atoms with Crippen LogP contribution in [-0.4, -0.2) is 42.8 Å². The predicted molar refractivity (Wildman–Crippen MR) is 96.3 cm³/mol. The van der Waals surface area contributed by atoms with Crippen molar-refractivity contribution < 1.29 is 23.1 Å². The number of anilines is 1. The molecule has 142 valence electrons. The zero-order valence-electron chi connectivity index (χ0n) is 14.8. The number of carboxylic acids is 1. The molecule has 0 spiro atoms. The van der Waals surface area contributed by atoms with Crippen molar-refractivity contribution in [3.05, 3.63) is 23.8 Å². The third-order valence-electron chi connectivity index (χ3n) is 5.08. The Morgan fingerprint density at radius 3 is 2.35 bits per heavy atom. The number of nitrogens with one attached hydrogen (secondary N) is 1. The van der Waals surface area contributed by atoms with Crippen LogP contribution in [0.4, 0.5) is 5.69 Å². The Bertz CT molecular complexity index is 813. The molecule has 1 aliphatic carbocycles. The van der Waals surface area contributed by atoms with E-state index in [9.17, 15) is 18.0 Å². The number of benzene rings is 1. The molecular weight excluding hydrogens is 356 g/mol. The van der Waals surface area contributed by atoms with Crippen LogP contribution in [0.1, 0.15) is 37.7 Å². The first kappa shape index (κ1) is 18.8. The number of carbonyl (C=O) groups excluding carboxylic acids is 1. The summed E-state index contributed by atoms with van der Waals surface area (Å²) < 4.78 is 27.6. The van der Waals surface area contributed by atoms with Gasteiger partial charge >= 0.3 is 5.97 Å². The SMILES string of the molecule is Cc1ccc(NC(=O)C2CC2C(=O)O)cc1S(=O)(=O)N1CCCCCC1. The minimum absolute atomic E-state index is 0.197. The summed E-state index contributed by atoms with van der Waals surface area (Å²) in [7, 11) is -3.62. The van der Waals surface area contributed by atoms with Crippen LogP contribution in [0, 0.1) is 18.8 Å². The van der Waals surface area contributed by atoms with Gasteiger partial charge in [0.05, 0.1) is 16.7 Å². The number of hydrogen-bond donors (Lipinski definition) is 2. The number of amides is 1. The topological polar surface area (TPSA) is 104 Å². The summed E-state index contributed by atoms with van der Waals surface area (Å²) in [6, 6.07) is 4.79. The fourth-order valence-electron chi connectivity index (χ4n) is 3.37. The van der Waals surface area contributed by atoms with Crippen LogP contribution in [-0.2, 0) is 19.6 Å². The molecule has 2 atom stereocenters. The first-order chi connectivity index (χ1) is 12.3. The maximum absolute atomic E-state index is 13.0. The van der Waals surface area contributed by atoms with Gasteiger partial charge in [-0.3, -0.25) is 9.59 Å². The summed E-state index contributed by atoms with van der Waals surface area (Å²) in [6.45, 7) is 2.76. The van der Waals surface area contributed by atoms with E-state index in [0.717, 1.165) is 25.7 Å². The van der Waals surface area contributed by atoms with E-state index >= 15 is 0 Å². The smallest absolute Gasteiger partial charge is 0.307 e. The Morgan fingerprint density at radius 2 is 1.77 bits per heavy atom. The van der Waals surface area contributed by atoms with E-state index in [4.69, 9.17) is 5.11 Å². The first-order valence-electron chi connectivity index (χ1n) is 8.95. The van der Waals surface area contributed by atoms with Gasteiger partial charge in [0.15, 0.2) is 0 Å². The highest BCUT2D eigenvalue weighted by Crippen LogP contribution is 2.39. The molecule has 1 aromatic rings. The van der Waals surface area contributed by atoms with Crippen LogP contribution in [0.3, 0.4) is 0 Å². The van der Waals surface area contributed by atoms with Crippen LogP contribution >= 0.6 is 0 Å². The fraction of sp³-hybridized carbons (Fsp3) is 0.556. The Balaban J connectivity index is 1.79. The van der Waals surface area contributed by atoms with E-state index in [1.807, 2.05) is 0 Å². The average Bonchev–Trinajstić information content (AvgIpc) is 3.40. The van der Waals surface area contributed by atoms with Gasteiger partial charge in [0.25, 0.3) is 0 Å². The molecule has 1 aliphatic heterocycles. The van der Waals surface area contributed by atoms with Crippen molar-refractivity contribution in [1.29, 1.82) is 0 Å². The molecule has 26 heavy (non-hydrogen) atoms. The number of carboxylic acid groups (broad SMARTS) is 1. The first-order valence-corrected chi connectivity index (χ1v) is 10.4. The standard InChI is InChI=1S/C18H24N2O5S/c1-12-6-7-13(19-17(21)14-11-15(14)18(22)23)10-16(12)26(24,25)20-8-4-2-3-5-9-20/h6-7,10,14-15H,2-5,8-9,11H2,1H3,(H,19,21)(H,22,23). The highest BCUT2D eigenvalue weighted by atomic mass is 32.2. The van der Waals surface area contributed by atoms with E-state index < -0.39 is 27.8 Å². The molecular formula is C18H24N2O5S. The van der Waals surface area contributed by atoms with Gasteiger partial charge in [-0.15, -0.1) is 0 Å². The van der Waals surface area contributed by atoms with Crippen molar-refractivity contribution >= 4 is 27.6 Å². The van der Waals surface area contributed by atoms with Crippen LogP contribution in [0.25, 0.3) is 0 Å². The minimum Gasteiger partial charge on any atom is -0.481 e. The molecule has 1 saturated carbocycles. The van der Waals surface area contributed by atoms with Crippen LogP contribution in [0.5, 0.6) is 0 Å². The summed E-state index contributed by atoms with van der Waals surface area (Å²) >= 11 is 0. The molecule has 0 radical (unpaired) electrons. The third kappa shape index (κ3) is 3.91. The summed E-state index contributed by atoms with van der Waals surface area (Å²) in [6.07, 6.45) is 4.10. The van der Waals surface area contributed by atoms with E-state index in [1.165, 1.54) is 10.4 Å². The zero-order valence-corrected chi connectivity index (χ0v) is 15.6. The highest BCUT2D eigenvalue weighted by Gasteiger charge is 2.48. The molecule has 2 fully saturated rings. The van der Waals surface area contributed by atoms with Crippen LogP contribution in [0.2, 0.25) is 0 Å². The van der Waals surface area contributed by atoms with E-state index in [1.54, 1.807) is 19.1 Å². The van der Waals surface area contributed by atoms with Gasteiger partial charge in [-0.25, -0.2) is 8.42 Å². The monoisotopic (exact) mass is 380 g/mol. The second kappa shape index (κ2) is 7.36. The maximum Gasteiger partial charge on any atom is 0.307 e. The third-order valence-corrected chi connectivity index (χ3v) is 7.12. The van der Waals surface area contributed by atoms with Gasteiger partial charge in [-0.2, -0.15) is 4.31 Å². The lowest BCUT2D eigenvalue weighted by atomic mass is 10.2. The van der Waals surface area contributed by atoms with E-state index in [2.05, 4.69) is 5.32 Å². The predicted octanol–water partition coefficient (Wildman–Crippen LogP) is 2.22. The van der Waals surface area contributed by atoms with Crippen molar-refractivity contribution in [2.75, 3.05) is 18.4 Å². The number of sulfonamides is 1. The van der Waals surface area contributed by atoms with E-state index in [-0.39, 0.29) is 10.8 Å². The van der Waals surface area contributed by atoms with Gasteiger partial charge in [0.2, 0.25) is 15.9 Å². The second-order valence-corrected chi connectivity index (χ2v) is 8.98. The largest absolute Gasteiger partial charge is 0.481 e. The minimum atomic E-state index is -3.62. The lowest BCUT2D eigenvalue weighted by Crippen LogP contribution is -2.32. The molecule has 2 aliphatic rings. The molecule has 3 rings (SSSR count). The van der Waals surface area contributed by atoms with Gasteiger partial charge in [0, 0.05) is 18.8 Å². The van der Waals surface area contributed by atoms with Crippen molar-refractivity contribution in [2.45, 2.75) is 43.9 Å². The van der Waals surface area contributed by atoms with Crippen molar-refractivity contribution in [1.82, 2.24) is 4.31 Å². The quantitative estimate of drug-likeness (QED) is 0.815. The van der Waals surface area contributed by atoms with Crippen LogP contribution < -0.4 is 5.32 Å². The Hall–Kier alpha value is -1.93. The average molecular weight is 380 g/mol. The Kier molecular flexibility index (Phi) is 5.34. The fourth-order valence-corrected chi connectivity index (χ4v) is 5.14. The van der Waals surface area contributed by atoms with E-state index in [0.29, 0.717) is 30.8 Å². The summed E-state index contributed by atoms with van der Waals surface area (Å²) in [4.78, 5) is 23.2. The lowest BCUT2D eigenvalue weighted by Gasteiger charge is -2.21. The van der Waals surface area contributed by atoms with Gasteiger partial charge < -0.3 is 10.4 Å². The molecule has 1 amide bonds.